The van der Waals surface area contributed by atoms with Crippen molar-refractivity contribution in [1.82, 2.24) is 4.90 Å². The average molecular weight is 642 g/mol. The molecule has 2 aromatic carbocycles. The van der Waals surface area contributed by atoms with E-state index in [2.05, 4.69) is 0 Å². The zero-order valence-electron chi connectivity index (χ0n) is 22.6. The molecule has 15 heteroatoms. The first-order valence-corrected chi connectivity index (χ1v) is 14.6. The minimum absolute atomic E-state index is 0.155. The number of benzene rings is 2. The van der Waals surface area contributed by atoms with Crippen LogP contribution >= 0.6 is 0 Å². The van der Waals surface area contributed by atoms with Crippen LogP contribution in [0.2, 0.25) is 0 Å². The van der Waals surface area contributed by atoms with E-state index in [1.54, 1.807) is 0 Å². The number of alkyl halides is 7. The van der Waals surface area contributed by atoms with Gasteiger partial charge in [0.1, 0.15) is 22.5 Å². The second kappa shape index (κ2) is 11.1. The molecule has 1 heterocycles. The molecule has 0 bridgehead atoms. The Labute approximate surface area is 241 Å². The molecular formula is C28H27F8NO5S. The van der Waals surface area contributed by atoms with Crippen molar-refractivity contribution in [2.75, 3.05) is 20.2 Å². The summed E-state index contributed by atoms with van der Waals surface area (Å²) in [6.07, 6.45) is -11.3. The number of ether oxygens (including phenoxy) is 1. The summed E-state index contributed by atoms with van der Waals surface area (Å²) in [6.45, 7) is -0.770. The second-order valence-electron chi connectivity index (χ2n) is 10.8. The molecule has 0 spiro atoms. The van der Waals surface area contributed by atoms with E-state index in [1.807, 2.05) is 0 Å². The molecule has 2 fully saturated rings. The number of halogens is 8. The Morgan fingerprint density at radius 2 is 1.44 bits per heavy atom. The van der Waals surface area contributed by atoms with Gasteiger partial charge in [0.15, 0.2) is 9.84 Å². The smallest absolute Gasteiger partial charge is 0.368 e. The van der Waals surface area contributed by atoms with Crippen LogP contribution in [0.5, 0.6) is 0 Å². The molecule has 43 heavy (non-hydrogen) atoms. The minimum atomic E-state index is -6.38. The number of sulfone groups is 1. The van der Waals surface area contributed by atoms with Crippen LogP contribution < -0.4 is 0 Å². The highest BCUT2D eigenvalue weighted by Crippen LogP contribution is 2.54. The first-order valence-electron chi connectivity index (χ1n) is 13.1. The van der Waals surface area contributed by atoms with Gasteiger partial charge in [0.05, 0.1) is 4.90 Å². The number of carbonyl (C=O) groups excluding carboxylic acids is 2. The largest absolute Gasteiger partial charge is 0.435 e. The average Bonchev–Trinajstić information content (AvgIpc) is 3.43. The van der Waals surface area contributed by atoms with Crippen molar-refractivity contribution < 1.29 is 57.9 Å². The number of carbonyl (C=O) groups is 2. The normalized spacial score (nSPS) is 25.5. The highest BCUT2D eigenvalue weighted by atomic mass is 32.2. The first kappa shape index (κ1) is 32.8. The van der Waals surface area contributed by atoms with Crippen molar-refractivity contribution in [1.29, 1.82) is 0 Å². The number of hydrogen-bond donors (Lipinski definition) is 0. The fourth-order valence-corrected chi connectivity index (χ4v) is 8.01. The summed E-state index contributed by atoms with van der Waals surface area (Å²) in [7, 11) is -3.30. The van der Waals surface area contributed by atoms with Gasteiger partial charge in [-0.3, -0.25) is 4.79 Å². The quantitative estimate of drug-likeness (QED) is 0.217. The predicted molar refractivity (Wildman–Crippen MR) is 136 cm³/mol. The fraction of sp³-hybridized carbons (Fsp3) is 0.500. The Balaban J connectivity index is 1.80. The zero-order valence-corrected chi connectivity index (χ0v) is 23.5. The third-order valence-corrected chi connectivity index (χ3v) is 11.0. The maximum absolute atomic E-state index is 14.7. The van der Waals surface area contributed by atoms with Crippen LogP contribution in [0.4, 0.5) is 35.1 Å². The number of methoxy groups -OCH3 is 1. The number of amides is 1. The van der Waals surface area contributed by atoms with Gasteiger partial charge >= 0.3 is 18.0 Å². The van der Waals surface area contributed by atoms with Gasteiger partial charge in [-0.1, -0.05) is 24.3 Å². The molecule has 1 aliphatic heterocycles. The Morgan fingerprint density at radius 1 is 0.907 bits per heavy atom. The van der Waals surface area contributed by atoms with E-state index in [-0.39, 0.29) is 49.4 Å². The summed E-state index contributed by atoms with van der Waals surface area (Å²) in [4.78, 5) is 25.7. The van der Waals surface area contributed by atoms with E-state index in [9.17, 15) is 53.1 Å². The van der Waals surface area contributed by atoms with Gasteiger partial charge < -0.3 is 14.4 Å². The molecule has 0 aromatic heterocycles. The van der Waals surface area contributed by atoms with Crippen molar-refractivity contribution in [3.8, 4) is 0 Å². The van der Waals surface area contributed by atoms with Crippen LogP contribution in [0.25, 0.3) is 0 Å². The molecule has 0 radical (unpaired) electrons. The van der Waals surface area contributed by atoms with E-state index in [4.69, 9.17) is 4.74 Å². The number of likely N-dealkylation sites (tertiary alicyclic amines) is 1. The molecule has 1 saturated heterocycles. The molecule has 2 aliphatic rings. The number of aldehydes is 1. The molecule has 1 amide bonds. The van der Waals surface area contributed by atoms with Crippen molar-refractivity contribution in [2.24, 2.45) is 5.92 Å². The van der Waals surface area contributed by atoms with Crippen LogP contribution in [0.1, 0.15) is 43.2 Å². The number of rotatable bonds is 7. The lowest BCUT2D eigenvalue weighted by Crippen LogP contribution is -2.52. The second-order valence-corrected chi connectivity index (χ2v) is 13.1. The van der Waals surface area contributed by atoms with Gasteiger partial charge in [-0.15, -0.1) is 0 Å². The molecule has 0 N–H and O–H groups in total. The lowest BCUT2D eigenvalue weighted by atomic mass is 9.78. The van der Waals surface area contributed by atoms with Gasteiger partial charge in [0.25, 0.3) is 5.91 Å². The highest BCUT2D eigenvalue weighted by Gasteiger charge is 2.73. The molecule has 2 aromatic rings. The Kier molecular flexibility index (Phi) is 8.50. The van der Waals surface area contributed by atoms with Crippen LogP contribution in [-0.2, 0) is 34.6 Å². The summed E-state index contributed by atoms with van der Waals surface area (Å²) in [5, 5.41) is 0. The standard InChI is InChI=1S/C28H27F8NO5S/c1-42-24(12-10-18(16-38)11-13-24)23(39)37-15-14-25(17-37,43(40,41)22-8-6-21(29)7-9-22)19-2-4-20(5-3-19)26(30,27(31,32)33)28(34,35)36/h2-9,16,18H,10-15,17H2,1H3/t18?,24?,25-/m0/s1. The molecule has 1 saturated carbocycles. The SMILES string of the molecule is COC1(C(=O)N2CC[C@](c3ccc(C(F)(C(F)(F)F)C(F)(F)F)cc3)(S(=O)(=O)c3ccc(F)cc3)C2)CCC(C=O)CC1. The highest BCUT2D eigenvalue weighted by molar-refractivity contribution is 7.92. The van der Waals surface area contributed by atoms with Crippen LogP contribution in [0.15, 0.2) is 53.4 Å². The van der Waals surface area contributed by atoms with E-state index in [1.165, 1.54) is 12.0 Å². The van der Waals surface area contributed by atoms with Crippen molar-refractivity contribution in [3.63, 3.8) is 0 Å². The lowest BCUT2D eigenvalue weighted by molar-refractivity contribution is -0.348. The van der Waals surface area contributed by atoms with Crippen LogP contribution in [-0.4, -0.2) is 63.7 Å². The van der Waals surface area contributed by atoms with Gasteiger partial charge in [-0.25, -0.2) is 17.2 Å². The third-order valence-electron chi connectivity index (χ3n) is 8.56. The van der Waals surface area contributed by atoms with Crippen LogP contribution in [0, 0.1) is 11.7 Å². The van der Waals surface area contributed by atoms with E-state index in [0.717, 1.165) is 30.6 Å². The maximum atomic E-state index is 14.7. The zero-order chi connectivity index (χ0) is 32.1. The monoisotopic (exact) mass is 641 g/mol. The molecule has 236 valence electrons. The predicted octanol–water partition coefficient (Wildman–Crippen LogP) is 5.79. The molecular weight excluding hydrogens is 614 g/mol. The van der Waals surface area contributed by atoms with Crippen molar-refractivity contribution in [3.05, 3.63) is 65.5 Å². The summed E-state index contributed by atoms with van der Waals surface area (Å²) >= 11 is 0. The van der Waals surface area contributed by atoms with E-state index < -0.39 is 66.9 Å². The molecule has 4 rings (SSSR count). The molecule has 0 unspecified atom stereocenters. The first-order chi connectivity index (χ1) is 19.9. The van der Waals surface area contributed by atoms with Crippen molar-refractivity contribution in [2.45, 2.75) is 65.4 Å². The van der Waals surface area contributed by atoms with E-state index >= 15 is 0 Å². The maximum Gasteiger partial charge on any atom is 0.435 e. The molecule has 6 nitrogen and oxygen atoms in total. The third kappa shape index (κ3) is 5.32. The van der Waals surface area contributed by atoms with Gasteiger partial charge in [0, 0.05) is 31.7 Å². The topological polar surface area (TPSA) is 80.8 Å². The van der Waals surface area contributed by atoms with Crippen molar-refractivity contribution >= 4 is 22.0 Å². The molecule has 1 atom stereocenters. The lowest BCUT2D eigenvalue weighted by Gasteiger charge is -2.39. The summed E-state index contributed by atoms with van der Waals surface area (Å²) in [5.74, 6) is -1.65. The number of nitrogens with zero attached hydrogens (tertiary/aromatic N) is 1. The fourth-order valence-electron chi connectivity index (χ4n) is 5.93. The number of hydrogen-bond acceptors (Lipinski definition) is 5. The van der Waals surface area contributed by atoms with Gasteiger partial charge in [-0.05, 0) is 61.9 Å². The van der Waals surface area contributed by atoms with Gasteiger partial charge in [0.2, 0.25) is 0 Å². The summed E-state index contributed by atoms with van der Waals surface area (Å²) in [6, 6.07) is 5.38. The summed E-state index contributed by atoms with van der Waals surface area (Å²) < 4.78 is 140. The Hall–Kier alpha value is -3.07. The van der Waals surface area contributed by atoms with E-state index in [0.29, 0.717) is 25.0 Å². The van der Waals surface area contributed by atoms with Crippen LogP contribution in [0.3, 0.4) is 0 Å². The Bertz CT molecular complexity index is 1440. The van der Waals surface area contributed by atoms with Gasteiger partial charge in [-0.2, -0.15) is 26.3 Å². The molecule has 1 aliphatic carbocycles. The summed E-state index contributed by atoms with van der Waals surface area (Å²) in [5.41, 5.74) is -9.21. The minimum Gasteiger partial charge on any atom is -0.368 e. The Morgan fingerprint density at radius 3 is 1.91 bits per heavy atom.